The van der Waals surface area contributed by atoms with Crippen molar-refractivity contribution in [3.8, 4) is 0 Å². The van der Waals surface area contributed by atoms with Crippen molar-refractivity contribution in [2.24, 2.45) is 5.73 Å². The van der Waals surface area contributed by atoms with Crippen LogP contribution in [0.5, 0.6) is 0 Å². The van der Waals surface area contributed by atoms with Gasteiger partial charge in [-0.1, -0.05) is 26.7 Å². The summed E-state index contributed by atoms with van der Waals surface area (Å²) in [5.41, 5.74) is 5.40. The Labute approximate surface area is 96.8 Å². The smallest absolute Gasteiger partial charge is 0.320 e. The highest BCUT2D eigenvalue weighted by Gasteiger charge is 2.09. The van der Waals surface area contributed by atoms with Crippen LogP contribution in [0.4, 0.5) is 0 Å². The molecule has 3 N–H and O–H groups in total. The van der Waals surface area contributed by atoms with Gasteiger partial charge in [-0.25, -0.2) is 0 Å². The molecule has 0 aromatic rings. The maximum Gasteiger partial charge on any atom is 0.320 e. The Morgan fingerprint density at radius 1 is 1.40 bits per heavy atom. The summed E-state index contributed by atoms with van der Waals surface area (Å²) in [5, 5.41) is 9.30. The molecule has 3 nitrogen and oxygen atoms in total. The molecule has 2 atom stereocenters. The average molecular weight is 233 g/mol. The van der Waals surface area contributed by atoms with Gasteiger partial charge in [0.15, 0.2) is 0 Å². The number of carboxylic acid groups (broad SMARTS) is 1. The number of carboxylic acids is 1. The molecule has 0 aromatic heterocycles. The third-order valence-corrected chi connectivity index (χ3v) is 3.88. The molecule has 0 saturated carbocycles. The lowest BCUT2D eigenvalue weighted by molar-refractivity contribution is -0.138. The van der Waals surface area contributed by atoms with Crippen LogP contribution in [0.25, 0.3) is 0 Å². The van der Waals surface area contributed by atoms with Gasteiger partial charge in [0.1, 0.15) is 6.04 Å². The van der Waals surface area contributed by atoms with Crippen LogP contribution in [0.1, 0.15) is 46.0 Å². The number of aliphatic carboxylic acids is 1. The van der Waals surface area contributed by atoms with Crippen molar-refractivity contribution in [2.75, 3.05) is 5.75 Å². The van der Waals surface area contributed by atoms with E-state index in [1.165, 1.54) is 18.6 Å². The summed E-state index contributed by atoms with van der Waals surface area (Å²) in [5.74, 6) is 0.293. The standard InChI is InChI=1S/C11H23NO2S/c1-3-9(2)15-8-6-4-5-7-10(12)11(13)14/h9-10H,3-8,12H2,1-2H3,(H,13,14). The van der Waals surface area contributed by atoms with Gasteiger partial charge in [-0.2, -0.15) is 11.8 Å². The lowest BCUT2D eigenvalue weighted by Gasteiger charge is -2.08. The van der Waals surface area contributed by atoms with Crippen LogP contribution in [-0.2, 0) is 4.79 Å². The summed E-state index contributed by atoms with van der Waals surface area (Å²) < 4.78 is 0. The Kier molecular flexibility index (Phi) is 8.91. The zero-order valence-electron chi connectivity index (χ0n) is 9.74. The number of unbranched alkanes of at least 4 members (excludes halogenated alkanes) is 2. The van der Waals surface area contributed by atoms with Crippen LogP contribution in [0, 0.1) is 0 Å². The predicted octanol–water partition coefficient (Wildman–Crippen LogP) is 2.49. The van der Waals surface area contributed by atoms with Crippen LogP contribution in [-0.4, -0.2) is 28.1 Å². The van der Waals surface area contributed by atoms with Gasteiger partial charge in [-0.15, -0.1) is 0 Å². The first-order chi connectivity index (χ1) is 7.07. The third-order valence-electron chi connectivity index (χ3n) is 2.45. The van der Waals surface area contributed by atoms with Gasteiger partial charge in [0.2, 0.25) is 0 Å². The summed E-state index contributed by atoms with van der Waals surface area (Å²) in [6.45, 7) is 4.44. The van der Waals surface area contributed by atoms with Gasteiger partial charge in [0, 0.05) is 5.25 Å². The van der Waals surface area contributed by atoms with Gasteiger partial charge in [0.05, 0.1) is 0 Å². The van der Waals surface area contributed by atoms with E-state index >= 15 is 0 Å². The van der Waals surface area contributed by atoms with Crippen molar-refractivity contribution in [1.82, 2.24) is 0 Å². The lowest BCUT2D eigenvalue weighted by Crippen LogP contribution is -2.29. The molecule has 0 bridgehead atoms. The van der Waals surface area contributed by atoms with E-state index in [1.54, 1.807) is 0 Å². The van der Waals surface area contributed by atoms with Gasteiger partial charge in [-0.3, -0.25) is 4.79 Å². The number of rotatable bonds is 9. The zero-order valence-corrected chi connectivity index (χ0v) is 10.6. The highest BCUT2D eigenvalue weighted by molar-refractivity contribution is 7.99. The van der Waals surface area contributed by atoms with Gasteiger partial charge in [0.25, 0.3) is 0 Å². The number of hydrogen-bond acceptors (Lipinski definition) is 3. The molecule has 0 spiro atoms. The van der Waals surface area contributed by atoms with Crippen LogP contribution in [0.2, 0.25) is 0 Å². The molecule has 0 rings (SSSR count). The molecule has 90 valence electrons. The number of thioether (sulfide) groups is 1. The maximum absolute atomic E-state index is 10.4. The minimum Gasteiger partial charge on any atom is -0.480 e. The Hall–Kier alpha value is -0.220. The Morgan fingerprint density at radius 3 is 2.60 bits per heavy atom. The van der Waals surface area contributed by atoms with E-state index in [4.69, 9.17) is 10.8 Å². The van der Waals surface area contributed by atoms with Crippen molar-refractivity contribution in [2.45, 2.75) is 57.2 Å². The van der Waals surface area contributed by atoms with E-state index < -0.39 is 12.0 Å². The highest BCUT2D eigenvalue weighted by Crippen LogP contribution is 2.16. The topological polar surface area (TPSA) is 63.3 Å². The van der Waals surface area contributed by atoms with Crippen LogP contribution in [0.3, 0.4) is 0 Å². The fourth-order valence-corrected chi connectivity index (χ4v) is 2.18. The van der Waals surface area contributed by atoms with Gasteiger partial charge in [-0.05, 0) is 25.0 Å². The van der Waals surface area contributed by atoms with E-state index in [-0.39, 0.29) is 0 Å². The molecule has 4 heteroatoms. The second-order valence-corrected chi connectivity index (χ2v) is 5.43. The monoisotopic (exact) mass is 233 g/mol. The molecular weight excluding hydrogens is 210 g/mol. The quantitative estimate of drug-likeness (QED) is 0.601. The molecule has 2 unspecified atom stereocenters. The Balaban J connectivity index is 3.21. The number of hydrogen-bond donors (Lipinski definition) is 2. The van der Waals surface area contributed by atoms with E-state index in [0.29, 0.717) is 6.42 Å². The van der Waals surface area contributed by atoms with Crippen LogP contribution in [0.15, 0.2) is 0 Å². The molecule has 15 heavy (non-hydrogen) atoms. The van der Waals surface area contributed by atoms with Crippen molar-refractivity contribution in [3.05, 3.63) is 0 Å². The molecule has 0 amide bonds. The second kappa shape index (κ2) is 9.04. The predicted molar refractivity (Wildman–Crippen MR) is 66.3 cm³/mol. The Morgan fingerprint density at radius 2 is 2.07 bits per heavy atom. The van der Waals surface area contributed by atoms with Crippen molar-refractivity contribution in [3.63, 3.8) is 0 Å². The fourth-order valence-electron chi connectivity index (χ4n) is 1.17. The normalized spacial score (nSPS) is 14.9. The SMILES string of the molecule is CCC(C)SCCCCCC(N)C(=O)O. The molecule has 0 saturated heterocycles. The summed E-state index contributed by atoms with van der Waals surface area (Å²) in [6.07, 6.45) is 5.00. The largest absolute Gasteiger partial charge is 0.480 e. The van der Waals surface area contributed by atoms with E-state index in [9.17, 15) is 4.79 Å². The van der Waals surface area contributed by atoms with Gasteiger partial charge < -0.3 is 10.8 Å². The fraction of sp³-hybridized carbons (Fsp3) is 0.909. The minimum atomic E-state index is -0.885. The number of nitrogens with two attached hydrogens (primary N) is 1. The molecular formula is C11H23NO2S. The molecule has 0 aliphatic carbocycles. The lowest BCUT2D eigenvalue weighted by atomic mass is 10.1. The number of carbonyl (C=O) groups is 1. The van der Waals surface area contributed by atoms with E-state index in [0.717, 1.165) is 18.1 Å². The summed E-state index contributed by atoms with van der Waals surface area (Å²) in [4.78, 5) is 10.4. The first-order valence-corrected chi connectivity index (χ1v) is 6.72. The molecule has 0 aromatic carbocycles. The Bertz CT molecular complexity index is 176. The first kappa shape index (κ1) is 14.8. The van der Waals surface area contributed by atoms with Crippen molar-refractivity contribution >= 4 is 17.7 Å². The third kappa shape index (κ3) is 8.75. The van der Waals surface area contributed by atoms with Crippen molar-refractivity contribution < 1.29 is 9.90 Å². The van der Waals surface area contributed by atoms with Crippen LogP contribution < -0.4 is 5.73 Å². The zero-order chi connectivity index (χ0) is 11.7. The average Bonchev–Trinajstić information content (AvgIpc) is 2.22. The second-order valence-electron chi connectivity index (χ2n) is 3.88. The molecule has 0 aliphatic heterocycles. The summed E-state index contributed by atoms with van der Waals surface area (Å²) >= 11 is 1.99. The van der Waals surface area contributed by atoms with Crippen molar-refractivity contribution in [1.29, 1.82) is 0 Å². The summed E-state index contributed by atoms with van der Waals surface area (Å²) in [7, 11) is 0. The molecule has 0 aliphatic rings. The van der Waals surface area contributed by atoms with Gasteiger partial charge >= 0.3 is 5.97 Å². The van der Waals surface area contributed by atoms with E-state index in [1.807, 2.05) is 11.8 Å². The molecule has 0 heterocycles. The van der Waals surface area contributed by atoms with Crippen LogP contribution >= 0.6 is 11.8 Å². The first-order valence-electron chi connectivity index (χ1n) is 5.68. The van der Waals surface area contributed by atoms with E-state index in [2.05, 4.69) is 13.8 Å². The minimum absolute atomic E-state index is 0.601. The highest BCUT2D eigenvalue weighted by atomic mass is 32.2. The molecule has 0 radical (unpaired) electrons. The summed E-state index contributed by atoms with van der Waals surface area (Å²) in [6, 6.07) is -0.674. The molecule has 0 fully saturated rings. The maximum atomic E-state index is 10.4.